The molecule has 0 fully saturated rings. The zero-order chi connectivity index (χ0) is 22.5. The van der Waals surface area contributed by atoms with E-state index in [-0.39, 0.29) is 44.8 Å². The van der Waals surface area contributed by atoms with Gasteiger partial charge in [-0.1, -0.05) is 12.8 Å². The fourth-order valence-corrected chi connectivity index (χ4v) is 1.72. The van der Waals surface area contributed by atoms with Gasteiger partial charge in [-0.2, -0.15) is 0 Å². The molecule has 0 aromatic rings. The van der Waals surface area contributed by atoms with Crippen molar-refractivity contribution in [1.29, 1.82) is 0 Å². The van der Waals surface area contributed by atoms with Gasteiger partial charge in [0, 0.05) is 25.8 Å². The molecule has 0 aliphatic heterocycles. The van der Waals surface area contributed by atoms with E-state index in [1.54, 1.807) is 6.92 Å². The van der Waals surface area contributed by atoms with E-state index in [4.69, 9.17) is 21.5 Å². The number of hydrogen-bond donors (Lipinski definition) is 5. The lowest BCUT2D eigenvalue weighted by Crippen LogP contribution is -2.40. The van der Waals surface area contributed by atoms with E-state index in [0.29, 0.717) is 19.4 Å². The van der Waals surface area contributed by atoms with E-state index in [1.165, 1.54) is 0 Å². The summed E-state index contributed by atoms with van der Waals surface area (Å²) in [6.07, 6.45) is 11.5. The van der Waals surface area contributed by atoms with Gasteiger partial charge < -0.3 is 20.8 Å². The van der Waals surface area contributed by atoms with Crippen molar-refractivity contribution >= 4 is 23.7 Å². The molecular formula is C19H29N3O7. The Bertz CT molecular complexity index is 594. The first-order chi connectivity index (χ1) is 13.8. The average Bonchev–Trinajstić information content (AvgIpc) is 2.70. The predicted octanol–water partition coefficient (Wildman–Crippen LogP) is -0.675. The largest absolute Gasteiger partial charge is 0.480 e. The molecular weight excluding hydrogens is 382 g/mol. The minimum atomic E-state index is -1.08. The third kappa shape index (κ3) is 19.5. The van der Waals surface area contributed by atoms with Crippen LogP contribution in [0.4, 0.5) is 0 Å². The third-order valence-corrected chi connectivity index (χ3v) is 3.17. The van der Waals surface area contributed by atoms with Gasteiger partial charge in [0.05, 0.1) is 0 Å². The fourth-order valence-electron chi connectivity index (χ4n) is 1.72. The molecule has 0 saturated heterocycles. The third-order valence-electron chi connectivity index (χ3n) is 3.17. The molecule has 0 aliphatic carbocycles. The van der Waals surface area contributed by atoms with E-state index in [0.717, 1.165) is 0 Å². The maximum atomic E-state index is 11.5. The number of unbranched alkanes of at least 4 members (excludes halogenated alkanes) is 1. The fraction of sp³-hybridized carbons (Fsp3) is 0.579. The van der Waals surface area contributed by atoms with Gasteiger partial charge in [-0.05, 0) is 19.3 Å². The number of aliphatic hydroxyl groups is 1. The van der Waals surface area contributed by atoms with Crippen LogP contribution in [0.5, 0.6) is 0 Å². The number of carbonyl (C=O) groups is 4. The van der Waals surface area contributed by atoms with Crippen LogP contribution in [0.3, 0.4) is 0 Å². The molecule has 10 heteroatoms. The van der Waals surface area contributed by atoms with Gasteiger partial charge in [-0.3, -0.25) is 19.2 Å². The molecule has 3 amide bonds. The standard InChI is InChI=1S/C16H25N3O6.C3H4O/c1-3-5-9-14(21)19-25-11-15(22)17-10-7-6-8-12(16(23)24)18-13(20)4-2;1-2-3-4/h1,12H,4-11H2,2H3,(H,17,22)(H,18,20)(H,19,21)(H,23,24);1,4H,3H2. The highest BCUT2D eigenvalue weighted by Gasteiger charge is 2.18. The van der Waals surface area contributed by atoms with Crippen molar-refractivity contribution in [3.63, 3.8) is 0 Å². The first-order valence-electron chi connectivity index (χ1n) is 8.99. The number of hydrogen-bond acceptors (Lipinski definition) is 6. The zero-order valence-electron chi connectivity index (χ0n) is 16.5. The maximum absolute atomic E-state index is 11.5. The van der Waals surface area contributed by atoms with Gasteiger partial charge in [-0.25, -0.2) is 10.3 Å². The number of carbonyl (C=O) groups excluding carboxylic acids is 3. The van der Waals surface area contributed by atoms with E-state index in [2.05, 4.69) is 28.5 Å². The Balaban J connectivity index is 0. The Morgan fingerprint density at radius 3 is 2.24 bits per heavy atom. The quantitative estimate of drug-likeness (QED) is 0.153. The molecule has 29 heavy (non-hydrogen) atoms. The second-order valence-corrected chi connectivity index (χ2v) is 5.54. The second-order valence-electron chi connectivity index (χ2n) is 5.54. The Hall–Kier alpha value is -3.08. The predicted molar refractivity (Wildman–Crippen MR) is 105 cm³/mol. The minimum absolute atomic E-state index is 0.122. The summed E-state index contributed by atoms with van der Waals surface area (Å²) < 4.78 is 0. The molecule has 5 N–H and O–H groups in total. The summed E-state index contributed by atoms with van der Waals surface area (Å²) in [7, 11) is 0. The molecule has 0 heterocycles. The summed E-state index contributed by atoms with van der Waals surface area (Å²) >= 11 is 0. The van der Waals surface area contributed by atoms with Crippen molar-refractivity contribution in [2.45, 2.75) is 51.5 Å². The number of carboxylic acid groups (broad SMARTS) is 1. The number of rotatable bonds is 13. The Labute approximate surface area is 170 Å². The van der Waals surface area contributed by atoms with Gasteiger partial charge in [0.2, 0.25) is 17.7 Å². The lowest BCUT2D eigenvalue weighted by Gasteiger charge is -2.13. The van der Waals surface area contributed by atoms with Crippen LogP contribution in [0.15, 0.2) is 0 Å². The van der Waals surface area contributed by atoms with Crippen molar-refractivity contribution < 1.29 is 34.2 Å². The van der Waals surface area contributed by atoms with Crippen LogP contribution >= 0.6 is 0 Å². The first-order valence-corrected chi connectivity index (χ1v) is 8.99. The van der Waals surface area contributed by atoms with Crippen LogP contribution in [-0.2, 0) is 24.0 Å². The SMILES string of the molecule is C#CCCC(=O)NOCC(=O)NCCCCC(NC(=O)CC)C(=O)O.C#CCO. The average molecular weight is 411 g/mol. The van der Waals surface area contributed by atoms with E-state index in [1.807, 2.05) is 5.92 Å². The normalized spacial score (nSPS) is 10.2. The monoisotopic (exact) mass is 411 g/mol. The molecule has 0 aromatic heterocycles. The maximum Gasteiger partial charge on any atom is 0.326 e. The number of aliphatic carboxylic acids is 1. The highest BCUT2D eigenvalue weighted by Crippen LogP contribution is 2.01. The zero-order valence-corrected chi connectivity index (χ0v) is 16.5. The van der Waals surface area contributed by atoms with Crippen LogP contribution in [-0.4, -0.2) is 59.7 Å². The molecule has 1 atom stereocenters. The lowest BCUT2D eigenvalue weighted by atomic mass is 10.1. The molecule has 0 saturated carbocycles. The molecule has 0 aliphatic rings. The van der Waals surface area contributed by atoms with Crippen LogP contribution in [0.25, 0.3) is 0 Å². The number of carboxylic acids is 1. The van der Waals surface area contributed by atoms with Gasteiger partial charge in [0.25, 0.3) is 0 Å². The van der Waals surface area contributed by atoms with Crippen LogP contribution in [0.2, 0.25) is 0 Å². The number of amides is 3. The minimum Gasteiger partial charge on any atom is -0.480 e. The smallest absolute Gasteiger partial charge is 0.326 e. The van der Waals surface area contributed by atoms with E-state index in [9.17, 15) is 19.2 Å². The first kappa shape index (κ1) is 28.1. The molecule has 0 rings (SSSR count). The van der Waals surface area contributed by atoms with Gasteiger partial charge >= 0.3 is 5.97 Å². The summed E-state index contributed by atoms with van der Waals surface area (Å²) in [5.74, 6) is 2.08. The van der Waals surface area contributed by atoms with Crippen LogP contribution in [0.1, 0.15) is 45.4 Å². The summed E-state index contributed by atoms with van der Waals surface area (Å²) in [4.78, 5) is 49.6. The van der Waals surface area contributed by atoms with Gasteiger partial charge in [0.15, 0.2) is 6.61 Å². The van der Waals surface area contributed by atoms with Crippen LogP contribution < -0.4 is 16.1 Å². The summed E-state index contributed by atoms with van der Waals surface area (Å²) in [6.45, 7) is 1.50. The highest BCUT2D eigenvalue weighted by atomic mass is 16.7. The van der Waals surface area contributed by atoms with Crippen molar-refractivity contribution in [2.24, 2.45) is 0 Å². The lowest BCUT2D eigenvalue weighted by molar-refractivity contribution is -0.142. The van der Waals surface area contributed by atoms with Crippen molar-refractivity contribution in [2.75, 3.05) is 19.8 Å². The molecule has 10 nitrogen and oxygen atoms in total. The summed E-state index contributed by atoms with van der Waals surface area (Å²) in [5.41, 5.74) is 2.10. The molecule has 0 radical (unpaired) electrons. The Morgan fingerprint density at radius 2 is 1.72 bits per heavy atom. The topological polar surface area (TPSA) is 154 Å². The summed E-state index contributed by atoms with van der Waals surface area (Å²) in [6, 6.07) is -0.926. The van der Waals surface area contributed by atoms with Gasteiger partial charge in [0.1, 0.15) is 12.6 Å². The molecule has 0 bridgehead atoms. The molecule has 1 unspecified atom stereocenters. The van der Waals surface area contributed by atoms with Crippen molar-refractivity contribution in [3.8, 4) is 24.7 Å². The number of nitrogens with one attached hydrogen (secondary N) is 3. The Kier molecular flexibility index (Phi) is 19.1. The molecule has 0 spiro atoms. The van der Waals surface area contributed by atoms with E-state index < -0.39 is 23.8 Å². The van der Waals surface area contributed by atoms with E-state index >= 15 is 0 Å². The molecule has 0 aromatic carbocycles. The highest BCUT2D eigenvalue weighted by molar-refractivity contribution is 5.83. The number of terminal acetylenes is 2. The number of hydroxylamine groups is 1. The Morgan fingerprint density at radius 1 is 1.07 bits per heavy atom. The summed E-state index contributed by atoms with van der Waals surface area (Å²) in [5, 5.41) is 21.6. The number of aliphatic hydroxyl groups excluding tert-OH is 1. The molecule has 162 valence electrons. The van der Waals surface area contributed by atoms with Crippen molar-refractivity contribution in [3.05, 3.63) is 0 Å². The van der Waals surface area contributed by atoms with Crippen LogP contribution in [0, 0.1) is 24.7 Å². The van der Waals surface area contributed by atoms with Gasteiger partial charge in [-0.15, -0.1) is 18.8 Å². The second kappa shape index (κ2) is 19.7. The van der Waals surface area contributed by atoms with Crippen molar-refractivity contribution in [1.82, 2.24) is 16.1 Å².